The summed E-state index contributed by atoms with van der Waals surface area (Å²) in [5.74, 6) is 0.277. The third-order valence-corrected chi connectivity index (χ3v) is 6.43. The Kier molecular flexibility index (Phi) is 3.74. The van der Waals surface area contributed by atoms with Crippen LogP contribution in [0.25, 0.3) is 0 Å². The molecular formula is C17H22N4O2S. The van der Waals surface area contributed by atoms with Gasteiger partial charge >= 0.3 is 0 Å². The monoisotopic (exact) mass is 346 g/mol. The van der Waals surface area contributed by atoms with Gasteiger partial charge in [0.1, 0.15) is 4.90 Å². The molecular weight excluding hydrogens is 324 g/mol. The molecule has 0 spiro atoms. The molecule has 1 aromatic carbocycles. The second-order valence-corrected chi connectivity index (χ2v) is 8.35. The topological polar surface area (TPSA) is 90.0 Å². The van der Waals surface area contributed by atoms with Crippen LogP contribution in [0.3, 0.4) is 0 Å². The second kappa shape index (κ2) is 5.68. The Morgan fingerprint density at radius 1 is 1.33 bits per heavy atom. The number of hydrogen-bond acceptors (Lipinski definition) is 4. The summed E-state index contributed by atoms with van der Waals surface area (Å²) in [6.07, 6.45) is 4.29. The van der Waals surface area contributed by atoms with E-state index in [1.54, 1.807) is 10.9 Å². The summed E-state index contributed by atoms with van der Waals surface area (Å²) in [7, 11) is -3.63. The second-order valence-electron chi connectivity index (χ2n) is 6.67. The number of aryl methyl sites for hydroxylation is 1. The van der Waals surface area contributed by atoms with Gasteiger partial charge in [0.25, 0.3) is 0 Å². The molecule has 0 unspecified atom stereocenters. The molecule has 2 aromatic rings. The van der Waals surface area contributed by atoms with Gasteiger partial charge < -0.3 is 5.73 Å². The molecule has 1 saturated carbocycles. The third-order valence-electron chi connectivity index (χ3n) is 4.93. The molecule has 7 heteroatoms. The van der Waals surface area contributed by atoms with Crippen LogP contribution in [0.2, 0.25) is 0 Å². The van der Waals surface area contributed by atoms with E-state index in [2.05, 4.69) is 9.82 Å². The molecule has 2 aliphatic carbocycles. The van der Waals surface area contributed by atoms with Gasteiger partial charge in [-0.05, 0) is 37.3 Å². The van der Waals surface area contributed by atoms with Crippen molar-refractivity contribution in [2.75, 3.05) is 0 Å². The predicted molar refractivity (Wildman–Crippen MR) is 91.1 cm³/mol. The number of nitrogens with two attached hydrogens (primary N) is 1. The van der Waals surface area contributed by atoms with Gasteiger partial charge in [0.05, 0.1) is 5.69 Å². The van der Waals surface area contributed by atoms with Crippen molar-refractivity contribution >= 4 is 10.0 Å². The average molecular weight is 346 g/mol. The van der Waals surface area contributed by atoms with Crippen LogP contribution in [-0.4, -0.2) is 24.2 Å². The zero-order chi connectivity index (χ0) is 16.9. The minimum atomic E-state index is -3.63. The van der Waals surface area contributed by atoms with E-state index >= 15 is 0 Å². The quantitative estimate of drug-likeness (QED) is 0.862. The fraction of sp³-hybridized carbons (Fsp3) is 0.471. The molecule has 1 aromatic heterocycles. The lowest BCUT2D eigenvalue weighted by Gasteiger charge is -2.18. The summed E-state index contributed by atoms with van der Waals surface area (Å²) in [5.41, 5.74) is 9.11. The van der Waals surface area contributed by atoms with Crippen molar-refractivity contribution in [3.63, 3.8) is 0 Å². The fourth-order valence-corrected chi connectivity index (χ4v) is 4.93. The molecule has 6 nitrogen and oxygen atoms in total. The third kappa shape index (κ3) is 2.66. The SMILES string of the molecule is CCn1cc(S(=O)(=O)N[C@@H]2Cc3ccccc3[C@H]2N)c(C2CC2)n1. The van der Waals surface area contributed by atoms with Gasteiger partial charge in [-0.3, -0.25) is 4.68 Å². The minimum Gasteiger partial charge on any atom is -0.323 e. The lowest BCUT2D eigenvalue weighted by Crippen LogP contribution is -2.40. The van der Waals surface area contributed by atoms with Gasteiger partial charge in [0, 0.05) is 30.7 Å². The first-order valence-corrected chi connectivity index (χ1v) is 9.91. The number of aromatic nitrogens is 2. The Labute approximate surface area is 142 Å². The molecule has 0 bridgehead atoms. The van der Waals surface area contributed by atoms with E-state index in [0.29, 0.717) is 23.6 Å². The molecule has 2 aliphatic rings. The highest BCUT2D eigenvalue weighted by Gasteiger charge is 2.37. The molecule has 24 heavy (non-hydrogen) atoms. The van der Waals surface area contributed by atoms with Crippen molar-refractivity contribution in [1.82, 2.24) is 14.5 Å². The largest absolute Gasteiger partial charge is 0.323 e. The van der Waals surface area contributed by atoms with Gasteiger partial charge in [-0.25, -0.2) is 13.1 Å². The average Bonchev–Trinajstić information content (AvgIpc) is 3.24. The molecule has 0 amide bonds. The van der Waals surface area contributed by atoms with Crippen LogP contribution in [0.5, 0.6) is 0 Å². The van der Waals surface area contributed by atoms with E-state index in [9.17, 15) is 8.42 Å². The van der Waals surface area contributed by atoms with Crippen molar-refractivity contribution in [3.8, 4) is 0 Å². The minimum absolute atomic E-state index is 0.277. The molecule has 1 fully saturated rings. The zero-order valence-corrected chi connectivity index (χ0v) is 14.5. The number of nitrogens with one attached hydrogen (secondary N) is 1. The van der Waals surface area contributed by atoms with Crippen LogP contribution < -0.4 is 10.5 Å². The highest BCUT2D eigenvalue weighted by atomic mass is 32.2. The van der Waals surface area contributed by atoms with E-state index in [0.717, 1.165) is 24.0 Å². The van der Waals surface area contributed by atoms with Crippen LogP contribution in [0, 0.1) is 0 Å². The molecule has 0 radical (unpaired) electrons. The molecule has 0 saturated heterocycles. The van der Waals surface area contributed by atoms with E-state index < -0.39 is 10.0 Å². The maximum absolute atomic E-state index is 12.9. The van der Waals surface area contributed by atoms with Crippen LogP contribution in [0.4, 0.5) is 0 Å². The summed E-state index contributed by atoms with van der Waals surface area (Å²) in [4.78, 5) is 0.315. The Morgan fingerprint density at radius 2 is 2.08 bits per heavy atom. The molecule has 4 rings (SSSR count). The van der Waals surface area contributed by atoms with E-state index in [4.69, 9.17) is 5.73 Å². The Hall–Kier alpha value is -1.70. The first kappa shape index (κ1) is 15.8. The van der Waals surface area contributed by atoms with Crippen molar-refractivity contribution in [1.29, 1.82) is 0 Å². The van der Waals surface area contributed by atoms with Crippen molar-refractivity contribution in [2.45, 2.75) is 55.6 Å². The summed E-state index contributed by atoms with van der Waals surface area (Å²) in [5, 5.41) is 4.46. The normalized spacial score (nSPS) is 23.4. The van der Waals surface area contributed by atoms with Gasteiger partial charge in [-0.2, -0.15) is 5.10 Å². The molecule has 1 heterocycles. The molecule has 128 valence electrons. The van der Waals surface area contributed by atoms with Crippen LogP contribution in [0.15, 0.2) is 35.4 Å². The lowest BCUT2D eigenvalue weighted by atomic mass is 10.1. The first-order valence-electron chi connectivity index (χ1n) is 8.42. The number of nitrogens with zero attached hydrogens (tertiary/aromatic N) is 2. The van der Waals surface area contributed by atoms with Crippen molar-refractivity contribution in [3.05, 3.63) is 47.3 Å². The van der Waals surface area contributed by atoms with Gasteiger partial charge in [-0.1, -0.05) is 24.3 Å². The standard InChI is InChI=1S/C17H22N4O2S/c1-2-21-10-15(17(19-21)11-7-8-11)24(22,23)20-14-9-12-5-3-4-6-13(12)16(14)18/h3-6,10-11,14,16,20H,2,7-9,18H2,1H3/t14-,16-/m1/s1. The Balaban J connectivity index is 1.62. The van der Waals surface area contributed by atoms with Gasteiger partial charge in [0.2, 0.25) is 10.0 Å². The number of rotatable bonds is 5. The highest BCUT2D eigenvalue weighted by Crippen LogP contribution is 2.42. The number of hydrogen-bond donors (Lipinski definition) is 2. The molecule has 3 N–H and O–H groups in total. The van der Waals surface area contributed by atoms with Crippen molar-refractivity contribution in [2.24, 2.45) is 5.73 Å². The van der Waals surface area contributed by atoms with Gasteiger partial charge in [0.15, 0.2) is 0 Å². The van der Waals surface area contributed by atoms with E-state index in [1.165, 1.54) is 0 Å². The lowest BCUT2D eigenvalue weighted by molar-refractivity contribution is 0.514. The summed E-state index contributed by atoms with van der Waals surface area (Å²) < 4.78 is 30.4. The highest BCUT2D eigenvalue weighted by molar-refractivity contribution is 7.89. The van der Waals surface area contributed by atoms with Crippen molar-refractivity contribution < 1.29 is 8.42 Å². The fourth-order valence-electron chi connectivity index (χ4n) is 3.43. The van der Waals surface area contributed by atoms with E-state index in [-0.39, 0.29) is 18.0 Å². The number of fused-ring (bicyclic) bond motifs is 1. The van der Waals surface area contributed by atoms with Crippen LogP contribution in [0.1, 0.15) is 48.5 Å². The molecule has 2 atom stereocenters. The summed E-state index contributed by atoms with van der Waals surface area (Å²) >= 11 is 0. The van der Waals surface area contributed by atoms with Crippen LogP contribution >= 0.6 is 0 Å². The van der Waals surface area contributed by atoms with Gasteiger partial charge in [-0.15, -0.1) is 0 Å². The zero-order valence-electron chi connectivity index (χ0n) is 13.6. The maximum atomic E-state index is 12.9. The number of benzene rings is 1. The van der Waals surface area contributed by atoms with E-state index in [1.807, 2.05) is 31.2 Å². The summed E-state index contributed by atoms with van der Waals surface area (Å²) in [6, 6.07) is 7.24. The summed E-state index contributed by atoms with van der Waals surface area (Å²) in [6.45, 7) is 2.61. The Morgan fingerprint density at radius 3 is 2.75 bits per heavy atom. The Bertz CT molecular complexity index is 870. The maximum Gasteiger partial charge on any atom is 0.244 e. The smallest absolute Gasteiger partial charge is 0.244 e. The predicted octanol–water partition coefficient (Wildman–Crippen LogP) is 1.68. The van der Waals surface area contributed by atoms with Crippen LogP contribution in [-0.2, 0) is 23.0 Å². The molecule has 0 aliphatic heterocycles. The first-order chi connectivity index (χ1) is 11.5. The number of sulfonamides is 1.